The summed E-state index contributed by atoms with van der Waals surface area (Å²) in [5.41, 5.74) is 0. The summed E-state index contributed by atoms with van der Waals surface area (Å²) in [5, 5.41) is 11.8. The van der Waals surface area contributed by atoms with Crippen molar-refractivity contribution in [2.24, 2.45) is 5.92 Å². The molecule has 1 aliphatic heterocycles. The summed E-state index contributed by atoms with van der Waals surface area (Å²) in [5.74, 6) is -1.36. The minimum atomic E-state index is -0.849. The SMILES string of the molecule is CCN1CC(C(=O)O)CNC(C)C1=O. The fourth-order valence-corrected chi connectivity index (χ4v) is 1.55. The van der Waals surface area contributed by atoms with Gasteiger partial charge in [-0.1, -0.05) is 0 Å². The van der Waals surface area contributed by atoms with Gasteiger partial charge in [0.2, 0.25) is 5.91 Å². The molecule has 14 heavy (non-hydrogen) atoms. The third kappa shape index (κ3) is 2.23. The maximum absolute atomic E-state index is 11.6. The van der Waals surface area contributed by atoms with Crippen molar-refractivity contribution in [1.29, 1.82) is 0 Å². The monoisotopic (exact) mass is 200 g/mol. The Hall–Kier alpha value is -1.10. The maximum Gasteiger partial charge on any atom is 0.309 e. The Morgan fingerprint density at radius 2 is 2.36 bits per heavy atom. The van der Waals surface area contributed by atoms with Crippen LogP contribution in [0, 0.1) is 5.92 Å². The van der Waals surface area contributed by atoms with Crippen LogP contribution in [0.4, 0.5) is 0 Å². The smallest absolute Gasteiger partial charge is 0.309 e. The van der Waals surface area contributed by atoms with E-state index in [0.717, 1.165) is 0 Å². The number of carbonyl (C=O) groups excluding carboxylic acids is 1. The van der Waals surface area contributed by atoms with Crippen molar-refractivity contribution in [3.05, 3.63) is 0 Å². The lowest BCUT2D eigenvalue weighted by Crippen LogP contribution is -2.41. The van der Waals surface area contributed by atoms with E-state index < -0.39 is 11.9 Å². The summed E-state index contributed by atoms with van der Waals surface area (Å²) in [6.45, 7) is 4.85. The van der Waals surface area contributed by atoms with E-state index in [-0.39, 0.29) is 11.9 Å². The zero-order chi connectivity index (χ0) is 10.7. The summed E-state index contributed by atoms with van der Waals surface area (Å²) >= 11 is 0. The van der Waals surface area contributed by atoms with Crippen LogP contribution in [0.15, 0.2) is 0 Å². The van der Waals surface area contributed by atoms with Gasteiger partial charge in [0.15, 0.2) is 0 Å². The number of carboxylic acid groups (broad SMARTS) is 1. The predicted molar refractivity (Wildman–Crippen MR) is 50.8 cm³/mol. The molecule has 5 heteroatoms. The highest BCUT2D eigenvalue weighted by atomic mass is 16.4. The first kappa shape index (κ1) is 11.0. The average Bonchev–Trinajstić information content (AvgIpc) is 2.28. The van der Waals surface area contributed by atoms with Gasteiger partial charge in [-0.2, -0.15) is 0 Å². The molecule has 80 valence electrons. The molecule has 1 aliphatic rings. The standard InChI is InChI=1S/C9H16N2O3/c1-3-11-5-7(9(13)14)4-10-6(2)8(11)12/h6-7,10H,3-5H2,1-2H3,(H,13,14). The minimum absolute atomic E-state index is 0.0174. The molecule has 0 radical (unpaired) electrons. The van der Waals surface area contributed by atoms with E-state index >= 15 is 0 Å². The molecular weight excluding hydrogens is 184 g/mol. The molecular formula is C9H16N2O3. The van der Waals surface area contributed by atoms with Crippen LogP contribution in [0.3, 0.4) is 0 Å². The van der Waals surface area contributed by atoms with E-state index in [0.29, 0.717) is 19.6 Å². The van der Waals surface area contributed by atoms with E-state index in [9.17, 15) is 9.59 Å². The quantitative estimate of drug-likeness (QED) is 0.632. The lowest BCUT2D eigenvalue weighted by atomic mass is 10.1. The van der Waals surface area contributed by atoms with E-state index in [4.69, 9.17) is 5.11 Å². The van der Waals surface area contributed by atoms with Crippen molar-refractivity contribution in [3.8, 4) is 0 Å². The highest BCUT2D eigenvalue weighted by Crippen LogP contribution is 2.07. The molecule has 2 N–H and O–H groups in total. The summed E-state index contributed by atoms with van der Waals surface area (Å²) in [6, 6.07) is -0.278. The minimum Gasteiger partial charge on any atom is -0.481 e. The molecule has 0 bridgehead atoms. The van der Waals surface area contributed by atoms with Gasteiger partial charge in [0.1, 0.15) is 0 Å². The van der Waals surface area contributed by atoms with Crippen molar-refractivity contribution in [2.75, 3.05) is 19.6 Å². The number of amides is 1. The van der Waals surface area contributed by atoms with Gasteiger partial charge in [-0.25, -0.2) is 0 Å². The van der Waals surface area contributed by atoms with Crippen LogP contribution in [0.1, 0.15) is 13.8 Å². The number of hydrogen-bond donors (Lipinski definition) is 2. The molecule has 2 atom stereocenters. The number of hydrogen-bond acceptors (Lipinski definition) is 3. The highest BCUT2D eigenvalue weighted by Gasteiger charge is 2.30. The van der Waals surface area contributed by atoms with Gasteiger partial charge in [-0.3, -0.25) is 9.59 Å². The first-order chi connectivity index (χ1) is 6.56. The Balaban J connectivity index is 2.74. The summed E-state index contributed by atoms with van der Waals surface area (Å²) in [4.78, 5) is 24.0. The van der Waals surface area contributed by atoms with Crippen molar-refractivity contribution in [2.45, 2.75) is 19.9 Å². The Bertz CT molecular complexity index is 242. The zero-order valence-electron chi connectivity index (χ0n) is 8.49. The van der Waals surface area contributed by atoms with Gasteiger partial charge >= 0.3 is 5.97 Å². The second kappa shape index (κ2) is 4.41. The molecule has 0 aromatic carbocycles. The summed E-state index contributed by atoms with van der Waals surface area (Å²) in [6.07, 6.45) is 0. The van der Waals surface area contributed by atoms with Gasteiger partial charge < -0.3 is 15.3 Å². The van der Waals surface area contributed by atoms with Crippen molar-refractivity contribution in [3.63, 3.8) is 0 Å². The van der Waals surface area contributed by atoms with E-state index in [1.165, 1.54) is 0 Å². The molecule has 0 aliphatic carbocycles. The molecule has 0 aromatic rings. The topological polar surface area (TPSA) is 69.6 Å². The lowest BCUT2D eigenvalue weighted by Gasteiger charge is -2.21. The Morgan fingerprint density at radius 1 is 1.71 bits per heavy atom. The van der Waals surface area contributed by atoms with Gasteiger partial charge in [0.25, 0.3) is 0 Å². The van der Waals surface area contributed by atoms with E-state index in [2.05, 4.69) is 5.32 Å². The van der Waals surface area contributed by atoms with E-state index in [1.54, 1.807) is 11.8 Å². The molecule has 1 amide bonds. The van der Waals surface area contributed by atoms with Crippen molar-refractivity contribution in [1.82, 2.24) is 10.2 Å². The number of aliphatic carboxylic acids is 1. The van der Waals surface area contributed by atoms with Crippen LogP contribution in [0.25, 0.3) is 0 Å². The van der Waals surface area contributed by atoms with E-state index in [1.807, 2.05) is 6.92 Å². The number of nitrogens with one attached hydrogen (secondary N) is 1. The van der Waals surface area contributed by atoms with Crippen LogP contribution in [0.5, 0.6) is 0 Å². The second-order valence-corrected chi connectivity index (χ2v) is 3.54. The van der Waals surface area contributed by atoms with Gasteiger partial charge in [-0.15, -0.1) is 0 Å². The maximum atomic E-state index is 11.6. The van der Waals surface area contributed by atoms with Crippen molar-refractivity contribution < 1.29 is 14.7 Å². The number of carbonyl (C=O) groups is 2. The molecule has 5 nitrogen and oxygen atoms in total. The molecule has 2 unspecified atom stereocenters. The first-order valence-electron chi connectivity index (χ1n) is 4.81. The summed E-state index contributed by atoms with van der Waals surface area (Å²) < 4.78 is 0. The normalized spacial score (nSPS) is 28.7. The molecule has 1 fully saturated rings. The fraction of sp³-hybridized carbons (Fsp3) is 0.778. The number of rotatable bonds is 2. The van der Waals surface area contributed by atoms with Gasteiger partial charge in [0, 0.05) is 19.6 Å². The van der Waals surface area contributed by atoms with Crippen LogP contribution >= 0.6 is 0 Å². The molecule has 1 saturated heterocycles. The van der Waals surface area contributed by atoms with Crippen LogP contribution in [-0.2, 0) is 9.59 Å². The first-order valence-corrected chi connectivity index (χ1v) is 4.81. The van der Waals surface area contributed by atoms with Crippen LogP contribution in [0.2, 0.25) is 0 Å². The Labute approximate surface area is 83.1 Å². The number of nitrogens with zero attached hydrogens (tertiary/aromatic N) is 1. The molecule has 0 spiro atoms. The number of carboxylic acids is 1. The average molecular weight is 200 g/mol. The predicted octanol–water partition coefficient (Wildman–Crippen LogP) is -0.473. The molecule has 0 aromatic heterocycles. The van der Waals surface area contributed by atoms with Gasteiger partial charge in [-0.05, 0) is 13.8 Å². The Morgan fingerprint density at radius 3 is 2.86 bits per heavy atom. The third-order valence-electron chi connectivity index (χ3n) is 2.52. The lowest BCUT2D eigenvalue weighted by molar-refractivity contribution is -0.142. The second-order valence-electron chi connectivity index (χ2n) is 3.54. The largest absolute Gasteiger partial charge is 0.481 e. The fourth-order valence-electron chi connectivity index (χ4n) is 1.55. The highest BCUT2D eigenvalue weighted by molar-refractivity contribution is 5.83. The molecule has 1 rings (SSSR count). The molecule has 0 saturated carbocycles. The van der Waals surface area contributed by atoms with Gasteiger partial charge in [0.05, 0.1) is 12.0 Å². The number of likely N-dealkylation sites (N-methyl/N-ethyl adjacent to an activating group) is 1. The Kier molecular flexibility index (Phi) is 3.46. The van der Waals surface area contributed by atoms with Crippen LogP contribution in [-0.4, -0.2) is 47.6 Å². The third-order valence-corrected chi connectivity index (χ3v) is 2.52. The summed E-state index contributed by atoms with van der Waals surface area (Å²) in [7, 11) is 0. The van der Waals surface area contributed by atoms with Crippen molar-refractivity contribution >= 4 is 11.9 Å². The molecule has 1 heterocycles. The zero-order valence-corrected chi connectivity index (χ0v) is 8.49. The van der Waals surface area contributed by atoms with Crippen LogP contribution < -0.4 is 5.32 Å².